The lowest BCUT2D eigenvalue weighted by molar-refractivity contribution is -0.494. The molecule has 4 aromatic rings. The maximum atomic E-state index is 12.6. The first kappa shape index (κ1) is 23.2. The van der Waals surface area contributed by atoms with Crippen molar-refractivity contribution in [3.05, 3.63) is 76.6 Å². The minimum atomic E-state index is -0.904. The van der Waals surface area contributed by atoms with Gasteiger partial charge in [0, 0.05) is 11.8 Å². The van der Waals surface area contributed by atoms with Crippen LogP contribution >= 0.6 is 11.3 Å². The summed E-state index contributed by atoms with van der Waals surface area (Å²) >= 11 is 1.56. The molecule has 1 atom stereocenters. The van der Waals surface area contributed by atoms with Crippen molar-refractivity contribution >= 4 is 17.3 Å². The third-order valence-corrected chi connectivity index (χ3v) is 6.87. The van der Waals surface area contributed by atoms with E-state index in [4.69, 9.17) is 15.2 Å². The molecule has 2 N–H and O–H groups in total. The SMILES string of the molecule is Cc1ncsc1C(c1ccccc1)n1cc(-c2cncc(OC(=O)C3(CON(O)O)CC3)c2)nn1. The normalized spacial score (nSPS) is 15.2. The molecule has 0 amide bonds. The monoisotopic (exact) mass is 494 g/mol. The van der Waals surface area contributed by atoms with E-state index in [1.54, 1.807) is 28.3 Å². The van der Waals surface area contributed by atoms with Gasteiger partial charge in [-0.2, -0.15) is 0 Å². The van der Waals surface area contributed by atoms with Gasteiger partial charge in [-0.3, -0.25) is 20.2 Å². The van der Waals surface area contributed by atoms with Gasteiger partial charge in [0.15, 0.2) is 0 Å². The number of aryl methyl sites for hydroxylation is 1. The number of ether oxygens (including phenoxy) is 1. The third-order valence-electron chi connectivity index (χ3n) is 5.88. The van der Waals surface area contributed by atoms with Crippen molar-refractivity contribution in [3.8, 4) is 17.0 Å². The summed E-state index contributed by atoms with van der Waals surface area (Å²) in [6.45, 7) is 1.77. The molecule has 1 saturated carbocycles. The summed E-state index contributed by atoms with van der Waals surface area (Å²) in [4.78, 5) is 26.9. The molecule has 1 aliphatic carbocycles. The highest BCUT2D eigenvalue weighted by Crippen LogP contribution is 2.47. The Labute approximate surface area is 204 Å². The number of hydrogen-bond donors (Lipinski definition) is 2. The van der Waals surface area contributed by atoms with Crippen LogP contribution in [-0.4, -0.2) is 53.3 Å². The van der Waals surface area contributed by atoms with E-state index in [-0.39, 0.29) is 18.4 Å². The first-order chi connectivity index (χ1) is 16.9. The number of nitrogens with zero attached hydrogens (tertiary/aromatic N) is 6. The smallest absolute Gasteiger partial charge is 0.319 e. The van der Waals surface area contributed by atoms with Crippen LogP contribution in [0.15, 0.2) is 60.5 Å². The van der Waals surface area contributed by atoms with Gasteiger partial charge in [0.1, 0.15) is 17.5 Å². The Morgan fingerprint density at radius 3 is 2.74 bits per heavy atom. The zero-order chi connectivity index (χ0) is 24.4. The molecule has 0 bridgehead atoms. The quantitative estimate of drug-likeness (QED) is 0.263. The van der Waals surface area contributed by atoms with Crippen molar-refractivity contribution in [2.45, 2.75) is 25.8 Å². The van der Waals surface area contributed by atoms with Crippen LogP contribution in [0.4, 0.5) is 0 Å². The number of aromatic nitrogens is 5. The highest BCUT2D eigenvalue weighted by atomic mass is 32.1. The fourth-order valence-electron chi connectivity index (χ4n) is 3.74. The second kappa shape index (κ2) is 9.60. The fraction of sp³-hybridized carbons (Fsp3) is 0.261. The molecule has 180 valence electrons. The molecule has 0 radical (unpaired) electrons. The molecule has 1 aromatic carbocycles. The largest absolute Gasteiger partial charge is 0.424 e. The number of hydrogen-bond acceptors (Lipinski definition) is 11. The summed E-state index contributed by atoms with van der Waals surface area (Å²) < 4.78 is 7.30. The van der Waals surface area contributed by atoms with Crippen LogP contribution in [0, 0.1) is 12.3 Å². The number of esters is 1. The average Bonchev–Trinajstić information content (AvgIpc) is 3.31. The molecule has 3 heterocycles. The molecule has 3 aromatic heterocycles. The van der Waals surface area contributed by atoms with Gasteiger partial charge in [0.25, 0.3) is 0 Å². The van der Waals surface area contributed by atoms with Crippen molar-refractivity contribution in [1.82, 2.24) is 30.4 Å². The maximum absolute atomic E-state index is 12.6. The van der Waals surface area contributed by atoms with Gasteiger partial charge in [0.05, 0.1) is 45.9 Å². The minimum absolute atomic E-state index is 0.189. The minimum Gasteiger partial charge on any atom is -0.424 e. The summed E-state index contributed by atoms with van der Waals surface area (Å²) in [5.41, 5.74) is 4.10. The molecule has 0 saturated heterocycles. The Hall–Kier alpha value is -3.55. The maximum Gasteiger partial charge on any atom is 0.319 e. The van der Waals surface area contributed by atoms with Crippen molar-refractivity contribution in [1.29, 1.82) is 0 Å². The molecule has 5 rings (SSSR count). The van der Waals surface area contributed by atoms with Crippen molar-refractivity contribution in [2.75, 3.05) is 6.61 Å². The average molecular weight is 495 g/mol. The zero-order valence-corrected chi connectivity index (χ0v) is 19.5. The van der Waals surface area contributed by atoms with E-state index in [0.717, 1.165) is 16.1 Å². The fourth-order valence-corrected chi connectivity index (χ4v) is 4.66. The first-order valence-electron chi connectivity index (χ1n) is 10.8. The topological polar surface area (TPSA) is 136 Å². The first-order valence-corrected chi connectivity index (χ1v) is 11.7. The molecular formula is C23H22N6O5S. The number of pyridine rings is 1. The zero-order valence-electron chi connectivity index (χ0n) is 18.7. The van der Waals surface area contributed by atoms with Gasteiger partial charge in [0.2, 0.25) is 0 Å². The number of rotatable bonds is 9. The Kier molecular flexibility index (Phi) is 6.36. The van der Waals surface area contributed by atoms with Crippen LogP contribution in [0.1, 0.15) is 35.0 Å². The lowest BCUT2D eigenvalue weighted by Gasteiger charge is -2.16. The lowest BCUT2D eigenvalue weighted by atomic mass is 10.0. The lowest BCUT2D eigenvalue weighted by Crippen LogP contribution is -2.30. The van der Waals surface area contributed by atoms with Crippen LogP contribution in [0.25, 0.3) is 11.3 Å². The predicted octanol–water partition coefficient (Wildman–Crippen LogP) is 3.44. The molecule has 12 heteroatoms. The second-order valence-electron chi connectivity index (χ2n) is 8.30. The molecule has 1 fully saturated rings. The van der Waals surface area contributed by atoms with Crippen molar-refractivity contribution < 1.29 is 24.8 Å². The molecule has 1 unspecified atom stereocenters. The summed E-state index contributed by atoms with van der Waals surface area (Å²) in [5.74, 6) is -0.275. The van der Waals surface area contributed by atoms with Gasteiger partial charge < -0.3 is 4.74 Å². The van der Waals surface area contributed by atoms with Crippen LogP contribution < -0.4 is 4.74 Å². The van der Waals surface area contributed by atoms with Crippen LogP contribution in [0.3, 0.4) is 0 Å². The predicted molar refractivity (Wildman–Crippen MR) is 122 cm³/mol. The summed E-state index contributed by atoms with van der Waals surface area (Å²) in [7, 11) is 0. The Balaban J connectivity index is 1.38. The van der Waals surface area contributed by atoms with E-state index in [2.05, 4.69) is 25.1 Å². The number of benzene rings is 1. The highest BCUT2D eigenvalue weighted by Gasteiger charge is 2.52. The number of thiazole rings is 1. The Morgan fingerprint density at radius 2 is 2.06 bits per heavy atom. The van der Waals surface area contributed by atoms with Crippen LogP contribution in [-0.2, 0) is 9.63 Å². The van der Waals surface area contributed by atoms with E-state index in [9.17, 15) is 4.79 Å². The highest BCUT2D eigenvalue weighted by molar-refractivity contribution is 7.09. The van der Waals surface area contributed by atoms with Gasteiger partial charge in [-0.05, 0) is 31.4 Å². The van der Waals surface area contributed by atoms with Crippen LogP contribution in [0.2, 0.25) is 0 Å². The van der Waals surface area contributed by atoms with E-state index in [1.165, 1.54) is 6.20 Å². The summed E-state index contributed by atoms with van der Waals surface area (Å²) in [6.07, 6.45) is 5.93. The standard InChI is InChI=1S/C23H22N6O5S/c1-15-21(35-14-25-15)20(16-5-3-2-4-6-16)28-12-19(26-27-28)17-9-18(11-24-10-17)34-22(30)23(7-8-23)13-33-29(31)32/h2-6,9-12,14,20,31-32H,7-8,13H2,1H3. The van der Waals surface area contributed by atoms with E-state index in [0.29, 0.717) is 24.1 Å². The van der Waals surface area contributed by atoms with Gasteiger partial charge in [-0.1, -0.05) is 35.5 Å². The number of carbonyl (C=O) groups is 1. The molecule has 0 aliphatic heterocycles. The summed E-state index contributed by atoms with van der Waals surface area (Å²) in [5, 5.41) is 25.8. The molecule has 0 spiro atoms. The molecular weight excluding hydrogens is 472 g/mol. The Bertz CT molecular complexity index is 1320. The van der Waals surface area contributed by atoms with E-state index in [1.807, 2.05) is 49.0 Å². The molecule has 1 aliphatic rings. The third kappa shape index (κ3) is 4.97. The van der Waals surface area contributed by atoms with E-state index < -0.39 is 16.8 Å². The second-order valence-corrected chi connectivity index (χ2v) is 9.19. The van der Waals surface area contributed by atoms with Crippen LogP contribution in [0.5, 0.6) is 5.75 Å². The van der Waals surface area contributed by atoms with Crippen molar-refractivity contribution in [3.63, 3.8) is 0 Å². The summed E-state index contributed by atoms with van der Waals surface area (Å²) in [6, 6.07) is 11.5. The Morgan fingerprint density at radius 1 is 1.26 bits per heavy atom. The van der Waals surface area contributed by atoms with Gasteiger partial charge in [-0.25, -0.2) is 14.5 Å². The van der Waals surface area contributed by atoms with Crippen molar-refractivity contribution in [2.24, 2.45) is 5.41 Å². The van der Waals surface area contributed by atoms with Gasteiger partial charge >= 0.3 is 5.97 Å². The number of carbonyl (C=O) groups excluding carboxylic acids is 1. The molecule has 11 nitrogen and oxygen atoms in total. The van der Waals surface area contributed by atoms with Gasteiger partial charge in [-0.15, -0.1) is 16.4 Å². The molecule has 35 heavy (non-hydrogen) atoms. The van der Waals surface area contributed by atoms with E-state index >= 15 is 0 Å².